The number of phenols is 1. The molecule has 1 aliphatic carbocycles. The summed E-state index contributed by atoms with van der Waals surface area (Å²) < 4.78 is 72.9. The predicted molar refractivity (Wildman–Crippen MR) is 122 cm³/mol. The molecule has 5 rings (SSSR count). The van der Waals surface area contributed by atoms with Crippen molar-refractivity contribution >= 4 is 5.97 Å². The lowest BCUT2D eigenvalue weighted by molar-refractivity contribution is -0.141. The van der Waals surface area contributed by atoms with Crippen LogP contribution in [-0.4, -0.2) is 24.8 Å². The number of alkyl halides is 3. The maximum Gasteiger partial charge on any atom is 0.417 e. The van der Waals surface area contributed by atoms with Crippen LogP contribution in [0.2, 0.25) is 0 Å². The molecule has 5 nitrogen and oxygen atoms in total. The Morgan fingerprint density at radius 1 is 1.11 bits per heavy atom. The summed E-state index contributed by atoms with van der Waals surface area (Å²) >= 11 is 0. The van der Waals surface area contributed by atoms with E-state index in [2.05, 4.69) is 0 Å². The van der Waals surface area contributed by atoms with Crippen molar-refractivity contribution in [2.24, 2.45) is 0 Å². The number of fused-ring (bicyclic) bond motifs is 2. The van der Waals surface area contributed by atoms with Gasteiger partial charge in [-0.2, -0.15) is 13.2 Å². The van der Waals surface area contributed by atoms with E-state index in [1.807, 2.05) is 6.07 Å². The van der Waals surface area contributed by atoms with E-state index in [-0.39, 0.29) is 41.6 Å². The van der Waals surface area contributed by atoms with E-state index in [1.165, 1.54) is 19.2 Å². The fourth-order valence-electron chi connectivity index (χ4n) is 4.99. The Kier molecular flexibility index (Phi) is 6.02. The van der Waals surface area contributed by atoms with Gasteiger partial charge in [0.1, 0.15) is 29.2 Å². The Balaban J connectivity index is 1.47. The van der Waals surface area contributed by atoms with Crippen LogP contribution in [0.4, 0.5) is 17.6 Å². The van der Waals surface area contributed by atoms with Gasteiger partial charge in [-0.05, 0) is 48.2 Å². The molecule has 36 heavy (non-hydrogen) atoms. The summed E-state index contributed by atoms with van der Waals surface area (Å²) in [7, 11) is 1.33. The number of hydrogen-bond acceptors (Lipinski definition) is 5. The molecule has 1 N–H and O–H groups in total. The fraction of sp³-hybridized carbons (Fsp3) is 0.296. The minimum atomic E-state index is -4.69. The van der Waals surface area contributed by atoms with Crippen LogP contribution >= 0.6 is 0 Å². The molecule has 0 saturated heterocycles. The Bertz CT molecular complexity index is 1330. The van der Waals surface area contributed by atoms with E-state index in [4.69, 9.17) is 14.2 Å². The van der Waals surface area contributed by atoms with Crippen LogP contribution in [0.3, 0.4) is 0 Å². The summed E-state index contributed by atoms with van der Waals surface area (Å²) in [4.78, 5) is 11.6. The van der Waals surface area contributed by atoms with Crippen LogP contribution in [0.25, 0.3) is 11.1 Å². The standard InChI is InChI=1S/C27H22F4O5/c1-34-25(33)10-14-13-35-24-12-16(3-5-17(14)24)36-23-9-7-19-18(23)6-8-21(27(29,30)31)26(19)20-4-2-15(32)11-22(20)28/h2-6,8,11-12,14,23,32H,7,9-10,13H2,1H3/t14-,23?/m1/s1. The minimum absolute atomic E-state index is 0.128. The molecule has 1 unspecified atom stereocenters. The van der Waals surface area contributed by atoms with Gasteiger partial charge in [0.15, 0.2) is 0 Å². The van der Waals surface area contributed by atoms with Gasteiger partial charge in [0.25, 0.3) is 0 Å². The molecule has 0 aromatic heterocycles. The van der Waals surface area contributed by atoms with Crippen LogP contribution in [0.15, 0.2) is 48.5 Å². The van der Waals surface area contributed by atoms with E-state index in [9.17, 15) is 27.5 Å². The summed E-state index contributed by atoms with van der Waals surface area (Å²) in [6.07, 6.45) is -4.36. The molecule has 188 valence electrons. The number of halogens is 4. The minimum Gasteiger partial charge on any atom is -0.508 e. The van der Waals surface area contributed by atoms with Crippen molar-refractivity contribution in [3.63, 3.8) is 0 Å². The van der Waals surface area contributed by atoms with E-state index >= 15 is 0 Å². The largest absolute Gasteiger partial charge is 0.508 e. The number of phenolic OH excluding ortho intramolecular Hbond substituents is 1. The first-order chi connectivity index (χ1) is 17.2. The van der Waals surface area contributed by atoms with Gasteiger partial charge in [-0.3, -0.25) is 4.79 Å². The van der Waals surface area contributed by atoms with E-state index in [0.29, 0.717) is 35.7 Å². The Morgan fingerprint density at radius 2 is 1.89 bits per heavy atom. The highest BCUT2D eigenvalue weighted by molar-refractivity contribution is 5.75. The van der Waals surface area contributed by atoms with Crippen molar-refractivity contribution in [3.8, 4) is 28.4 Å². The van der Waals surface area contributed by atoms with Crippen LogP contribution < -0.4 is 9.47 Å². The van der Waals surface area contributed by atoms with Gasteiger partial charge in [-0.15, -0.1) is 0 Å². The second kappa shape index (κ2) is 9.04. The number of esters is 1. The summed E-state index contributed by atoms with van der Waals surface area (Å²) in [5.41, 5.74) is 0.394. The topological polar surface area (TPSA) is 65.0 Å². The van der Waals surface area contributed by atoms with Crippen LogP contribution in [-0.2, 0) is 22.1 Å². The second-order valence-electron chi connectivity index (χ2n) is 8.85. The maximum absolute atomic E-state index is 14.7. The van der Waals surface area contributed by atoms with Gasteiger partial charge in [-0.1, -0.05) is 12.1 Å². The molecule has 1 aliphatic heterocycles. The fourth-order valence-corrected chi connectivity index (χ4v) is 4.99. The summed E-state index contributed by atoms with van der Waals surface area (Å²) in [5.74, 6) is -0.709. The first-order valence-electron chi connectivity index (χ1n) is 11.4. The third kappa shape index (κ3) is 4.34. The quantitative estimate of drug-likeness (QED) is 0.327. The molecule has 0 saturated carbocycles. The molecule has 0 amide bonds. The molecule has 9 heteroatoms. The van der Waals surface area contributed by atoms with Crippen molar-refractivity contribution in [3.05, 3.63) is 76.6 Å². The molecular formula is C27H22F4O5. The number of aromatic hydroxyl groups is 1. The van der Waals surface area contributed by atoms with E-state index < -0.39 is 23.7 Å². The zero-order valence-electron chi connectivity index (χ0n) is 19.2. The number of benzene rings is 3. The monoisotopic (exact) mass is 502 g/mol. The van der Waals surface area contributed by atoms with Crippen molar-refractivity contribution in [1.29, 1.82) is 0 Å². The highest BCUT2D eigenvalue weighted by atomic mass is 19.4. The van der Waals surface area contributed by atoms with Gasteiger partial charge in [0.05, 0.1) is 25.7 Å². The zero-order valence-corrected chi connectivity index (χ0v) is 19.2. The average molecular weight is 502 g/mol. The smallest absolute Gasteiger partial charge is 0.417 e. The number of carbonyl (C=O) groups excluding carboxylic acids is 1. The first-order valence-corrected chi connectivity index (χ1v) is 11.4. The number of rotatable bonds is 5. The zero-order chi connectivity index (χ0) is 25.6. The lowest BCUT2D eigenvalue weighted by Crippen LogP contribution is -2.11. The number of hydrogen-bond donors (Lipinski definition) is 1. The van der Waals surface area contributed by atoms with E-state index in [0.717, 1.165) is 23.8 Å². The number of ether oxygens (including phenoxy) is 3. The van der Waals surface area contributed by atoms with Gasteiger partial charge in [0.2, 0.25) is 0 Å². The molecule has 0 radical (unpaired) electrons. The SMILES string of the molecule is COC(=O)C[C@@H]1COc2cc(OC3CCc4c3ccc(C(F)(F)F)c4-c3ccc(O)cc3F)ccc21. The first kappa shape index (κ1) is 24.0. The summed E-state index contributed by atoms with van der Waals surface area (Å²) in [6, 6.07) is 10.7. The summed E-state index contributed by atoms with van der Waals surface area (Å²) in [5, 5.41) is 9.54. The third-order valence-corrected chi connectivity index (χ3v) is 6.66. The maximum atomic E-state index is 14.7. The highest BCUT2D eigenvalue weighted by Gasteiger charge is 2.39. The summed E-state index contributed by atoms with van der Waals surface area (Å²) in [6.45, 7) is 0.335. The number of methoxy groups -OCH3 is 1. The third-order valence-electron chi connectivity index (χ3n) is 6.66. The van der Waals surface area contributed by atoms with Crippen molar-refractivity contribution < 1.29 is 41.7 Å². The average Bonchev–Trinajstić information content (AvgIpc) is 3.42. The number of carbonyl (C=O) groups is 1. The van der Waals surface area contributed by atoms with Gasteiger partial charge in [0, 0.05) is 34.7 Å². The molecule has 1 heterocycles. The van der Waals surface area contributed by atoms with Gasteiger partial charge < -0.3 is 19.3 Å². The predicted octanol–water partition coefficient (Wildman–Crippen LogP) is 6.32. The molecule has 0 fully saturated rings. The lowest BCUT2D eigenvalue weighted by Gasteiger charge is -2.20. The molecule has 2 atom stereocenters. The Morgan fingerprint density at radius 3 is 2.61 bits per heavy atom. The van der Waals surface area contributed by atoms with Crippen LogP contribution in [0.5, 0.6) is 17.2 Å². The Labute approximate surface area is 204 Å². The molecule has 3 aromatic carbocycles. The second-order valence-corrected chi connectivity index (χ2v) is 8.85. The normalized spacial score (nSPS) is 18.4. The van der Waals surface area contributed by atoms with Gasteiger partial charge >= 0.3 is 12.1 Å². The Hall–Kier alpha value is -3.75. The molecule has 3 aromatic rings. The van der Waals surface area contributed by atoms with Crippen LogP contribution in [0.1, 0.15) is 47.1 Å². The van der Waals surface area contributed by atoms with Crippen molar-refractivity contribution in [2.45, 2.75) is 37.5 Å². The molecular weight excluding hydrogens is 480 g/mol. The molecule has 0 bridgehead atoms. The van der Waals surface area contributed by atoms with Crippen molar-refractivity contribution in [1.82, 2.24) is 0 Å². The molecule has 0 spiro atoms. The van der Waals surface area contributed by atoms with E-state index in [1.54, 1.807) is 12.1 Å². The lowest BCUT2D eigenvalue weighted by atomic mass is 9.91. The van der Waals surface area contributed by atoms with Crippen molar-refractivity contribution in [2.75, 3.05) is 13.7 Å². The molecule has 2 aliphatic rings. The van der Waals surface area contributed by atoms with Crippen LogP contribution in [0, 0.1) is 5.82 Å². The highest BCUT2D eigenvalue weighted by Crippen LogP contribution is 2.47. The van der Waals surface area contributed by atoms with Gasteiger partial charge in [-0.25, -0.2) is 4.39 Å².